The average Bonchev–Trinajstić information content (AvgIpc) is 3.45. The van der Waals surface area contributed by atoms with Gasteiger partial charge >= 0.3 is 0 Å². The Morgan fingerprint density at radius 3 is 2.38 bits per heavy atom. The van der Waals surface area contributed by atoms with Crippen molar-refractivity contribution < 1.29 is 18.0 Å². The molecule has 9 heteroatoms. The van der Waals surface area contributed by atoms with Crippen molar-refractivity contribution in [2.24, 2.45) is 11.8 Å². The molecule has 3 heterocycles. The minimum Gasteiger partial charge on any atom is -0.326 e. The van der Waals surface area contributed by atoms with Crippen molar-refractivity contribution in [1.29, 1.82) is 0 Å². The van der Waals surface area contributed by atoms with Gasteiger partial charge in [0.2, 0.25) is 15.9 Å². The standard InChI is InChI=1S/C23H29N3O4S2/c1-16-13-17(2)15-25(14-16)32(29,30)19-9-7-18(8-10-19)24-22(27)20-5-3-11-26(20)23(28)21-6-4-12-31-21/h4,6-10,12,16-17,20H,3,5,11,13-15H2,1-2H3,(H,24,27)/t16-,17-,20-/m0/s1. The monoisotopic (exact) mass is 475 g/mol. The van der Waals surface area contributed by atoms with Gasteiger partial charge in [0, 0.05) is 25.3 Å². The van der Waals surface area contributed by atoms with Gasteiger partial charge in [0.25, 0.3) is 5.91 Å². The van der Waals surface area contributed by atoms with E-state index in [0.29, 0.717) is 48.5 Å². The van der Waals surface area contributed by atoms with Crippen LogP contribution in [0.4, 0.5) is 5.69 Å². The summed E-state index contributed by atoms with van der Waals surface area (Å²) in [5.41, 5.74) is 0.518. The molecule has 3 atom stereocenters. The number of sulfonamides is 1. The van der Waals surface area contributed by atoms with Crippen LogP contribution in [0.15, 0.2) is 46.7 Å². The molecule has 32 heavy (non-hydrogen) atoms. The zero-order valence-corrected chi connectivity index (χ0v) is 20.0. The number of nitrogens with one attached hydrogen (secondary N) is 1. The van der Waals surface area contributed by atoms with E-state index in [4.69, 9.17) is 0 Å². The third kappa shape index (κ3) is 4.74. The molecule has 4 rings (SSSR count). The molecule has 1 aromatic carbocycles. The Balaban J connectivity index is 1.43. The number of hydrogen-bond acceptors (Lipinski definition) is 5. The molecule has 2 aliphatic rings. The van der Waals surface area contributed by atoms with Crippen LogP contribution in [0.5, 0.6) is 0 Å². The minimum atomic E-state index is -3.56. The first-order chi connectivity index (χ1) is 15.3. The van der Waals surface area contributed by atoms with Gasteiger partial charge in [0.15, 0.2) is 0 Å². The van der Waals surface area contributed by atoms with Crippen LogP contribution in [0.2, 0.25) is 0 Å². The van der Waals surface area contributed by atoms with Crippen LogP contribution in [0.3, 0.4) is 0 Å². The van der Waals surface area contributed by atoms with Crippen molar-refractivity contribution in [1.82, 2.24) is 9.21 Å². The van der Waals surface area contributed by atoms with Crippen LogP contribution in [0.1, 0.15) is 42.8 Å². The number of amides is 2. The topological polar surface area (TPSA) is 86.8 Å². The summed E-state index contributed by atoms with van der Waals surface area (Å²) in [7, 11) is -3.56. The highest BCUT2D eigenvalue weighted by Crippen LogP contribution is 2.28. The van der Waals surface area contributed by atoms with Crippen LogP contribution in [0, 0.1) is 11.8 Å². The first kappa shape index (κ1) is 22.9. The van der Waals surface area contributed by atoms with Gasteiger partial charge in [0.1, 0.15) is 6.04 Å². The summed E-state index contributed by atoms with van der Waals surface area (Å²) in [5.74, 6) is 0.294. The zero-order valence-electron chi connectivity index (χ0n) is 18.4. The molecule has 1 aromatic heterocycles. The first-order valence-corrected chi connectivity index (χ1v) is 13.3. The van der Waals surface area contributed by atoms with E-state index in [1.807, 2.05) is 11.4 Å². The van der Waals surface area contributed by atoms with Crippen LogP contribution in [-0.4, -0.2) is 55.1 Å². The van der Waals surface area contributed by atoms with E-state index in [1.165, 1.54) is 23.5 Å². The maximum atomic E-state index is 13.0. The smallest absolute Gasteiger partial charge is 0.264 e. The van der Waals surface area contributed by atoms with E-state index in [9.17, 15) is 18.0 Å². The number of carbonyl (C=O) groups is 2. The van der Waals surface area contributed by atoms with E-state index >= 15 is 0 Å². The molecule has 2 fully saturated rings. The lowest BCUT2D eigenvalue weighted by Crippen LogP contribution is -2.43. The van der Waals surface area contributed by atoms with Gasteiger partial charge in [-0.05, 0) is 66.8 Å². The normalized spacial score (nSPS) is 24.4. The van der Waals surface area contributed by atoms with E-state index in [0.717, 1.165) is 12.8 Å². The predicted octanol–water partition coefficient (Wildman–Crippen LogP) is 3.66. The minimum absolute atomic E-state index is 0.121. The van der Waals surface area contributed by atoms with Gasteiger partial charge < -0.3 is 10.2 Å². The van der Waals surface area contributed by atoms with Crippen LogP contribution in [-0.2, 0) is 14.8 Å². The summed E-state index contributed by atoms with van der Waals surface area (Å²) in [6, 6.07) is 9.37. The summed E-state index contributed by atoms with van der Waals surface area (Å²) in [5, 5.41) is 4.69. The quantitative estimate of drug-likeness (QED) is 0.715. The molecule has 0 radical (unpaired) electrons. The van der Waals surface area contributed by atoms with Gasteiger partial charge in [-0.25, -0.2) is 8.42 Å². The molecule has 1 N–H and O–H groups in total. The Kier molecular flexibility index (Phi) is 6.69. The van der Waals surface area contributed by atoms with E-state index < -0.39 is 16.1 Å². The molecule has 0 aliphatic carbocycles. The zero-order chi connectivity index (χ0) is 22.9. The second-order valence-electron chi connectivity index (χ2n) is 8.92. The fourth-order valence-electron chi connectivity index (χ4n) is 4.71. The molecule has 0 spiro atoms. The fraction of sp³-hybridized carbons (Fsp3) is 0.478. The van der Waals surface area contributed by atoms with Gasteiger partial charge in [-0.1, -0.05) is 19.9 Å². The molecule has 2 saturated heterocycles. The van der Waals surface area contributed by atoms with Crippen LogP contribution in [0.25, 0.3) is 0 Å². The van der Waals surface area contributed by atoms with Crippen molar-refractivity contribution >= 4 is 38.9 Å². The lowest BCUT2D eigenvalue weighted by Gasteiger charge is -2.34. The largest absolute Gasteiger partial charge is 0.326 e. The van der Waals surface area contributed by atoms with E-state index in [-0.39, 0.29) is 16.7 Å². The number of benzene rings is 1. The number of carbonyl (C=O) groups excluding carboxylic acids is 2. The summed E-state index contributed by atoms with van der Waals surface area (Å²) >= 11 is 1.37. The summed E-state index contributed by atoms with van der Waals surface area (Å²) in [6.45, 7) is 5.76. The second kappa shape index (κ2) is 9.33. The Morgan fingerprint density at radius 1 is 1.06 bits per heavy atom. The highest BCUT2D eigenvalue weighted by Gasteiger charge is 2.35. The average molecular weight is 476 g/mol. The molecule has 0 bridgehead atoms. The molecule has 172 valence electrons. The molecule has 0 saturated carbocycles. The molecular weight excluding hydrogens is 446 g/mol. The number of anilines is 1. The number of piperidine rings is 1. The van der Waals surface area contributed by atoms with Crippen molar-refractivity contribution in [2.45, 2.75) is 44.0 Å². The SMILES string of the molecule is C[C@H]1C[C@H](C)CN(S(=O)(=O)c2ccc(NC(=O)[C@@H]3CCCN3C(=O)c3cccs3)cc2)C1. The Bertz CT molecular complexity index is 1060. The fourth-order valence-corrected chi connectivity index (χ4v) is 7.07. The van der Waals surface area contributed by atoms with Crippen molar-refractivity contribution in [3.63, 3.8) is 0 Å². The molecule has 2 aromatic rings. The Morgan fingerprint density at radius 2 is 1.75 bits per heavy atom. The third-order valence-electron chi connectivity index (χ3n) is 6.14. The highest BCUT2D eigenvalue weighted by atomic mass is 32.2. The number of nitrogens with zero attached hydrogens (tertiary/aromatic N) is 2. The first-order valence-electron chi connectivity index (χ1n) is 11.0. The molecule has 2 aliphatic heterocycles. The van der Waals surface area contributed by atoms with Gasteiger partial charge in [-0.2, -0.15) is 4.31 Å². The maximum Gasteiger partial charge on any atom is 0.264 e. The summed E-state index contributed by atoms with van der Waals surface area (Å²) in [4.78, 5) is 28.1. The Labute approximate surface area is 193 Å². The van der Waals surface area contributed by atoms with Crippen LogP contribution >= 0.6 is 11.3 Å². The van der Waals surface area contributed by atoms with Gasteiger partial charge in [-0.15, -0.1) is 11.3 Å². The van der Waals surface area contributed by atoms with Crippen molar-refractivity contribution in [3.05, 3.63) is 46.7 Å². The van der Waals surface area contributed by atoms with E-state index in [1.54, 1.807) is 27.4 Å². The number of thiophene rings is 1. The maximum absolute atomic E-state index is 13.0. The number of rotatable bonds is 5. The van der Waals surface area contributed by atoms with Gasteiger partial charge in [0.05, 0.1) is 9.77 Å². The van der Waals surface area contributed by atoms with Crippen molar-refractivity contribution in [2.75, 3.05) is 25.0 Å². The number of likely N-dealkylation sites (tertiary alicyclic amines) is 1. The third-order valence-corrected chi connectivity index (χ3v) is 8.85. The Hall–Kier alpha value is -2.23. The molecule has 2 amide bonds. The summed E-state index contributed by atoms with van der Waals surface area (Å²) in [6.07, 6.45) is 2.42. The summed E-state index contributed by atoms with van der Waals surface area (Å²) < 4.78 is 27.7. The lowest BCUT2D eigenvalue weighted by molar-refractivity contribution is -0.119. The lowest BCUT2D eigenvalue weighted by atomic mass is 9.94. The van der Waals surface area contributed by atoms with E-state index in [2.05, 4.69) is 19.2 Å². The predicted molar refractivity (Wildman–Crippen MR) is 125 cm³/mol. The molecular formula is C23H29N3O4S2. The van der Waals surface area contributed by atoms with Crippen LogP contribution < -0.4 is 5.32 Å². The molecule has 7 nitrogen and oxygen atoms in total. The number of hydrogen-bond donors (Lipinski definition) is 1. The molecule has 0 unspecified atom stereocenters. The second-order valence-corrected chi connectivity index (χ2v) is 11.8. The highest BCUT2D eigenvalue weighted by molar-refractivity contribution is 7.89. The van der Waals surface area contributed by atoms with Gasteiger partial charge in [-0.3, -0.25) is 9.59 Å². The van der Waals surface area contributed by atoms with Crippen molar-refractivity contribution in [3.8, 4) is 0 Å².